The summed E-state index contributed by atoms with van der Waals surface area (Å²) in [6, 6.07) is 0. The first kappa shape index (κ1) is 16.6. The van der Waals surface area contributed by atoms with Crippen LogP contribution in [0.5, 0.6) is 0 Å². The molecule has 0 saturated carbocycles. The average molecular weight is 252 g/mol. The molecule has 0 amide bonds. The zero-order valence-electron chi connectivity index (χ0n) is 11.7. The van der Waals surface area contributed by atoms with Gasteiger partial charge < -0.3 is 10.2 Å². The molecule has 0 aliphatic heterocycles. The van der Waals surface area contributed by atoms with Crippen LogP contribution in [-0.2, 0) is 4.79 Å². The van der Waals surface area contributed by atoms with Crippen LogP contribution in [0.15, 0.2) is 34.9 Å². The normalized spacial score (nSPS) is 14.3. The van der Waals surface area contributed by atoms with Crippen LogP contribution in [0.25, 0.3) is 0 Å². The van der Waals surface area contributed by atoms with Crippen molar-refractivity contribution in [2.24, 2.45) is 0 Å². The topological polar surface area (TPSA) is 57.5 Å². The van der Waals surface area contributed by atoms with Crippen molar-refractivity contribution in [3.8, 4) is 0 Å². The van der Waals surface area contributed by atoms with E-state index in [1.54, 1.807) is 0 Å². The lowest BCUT2D eigenvalue weighted by atomic mass is 10.0. The van der Waals surface area contributed by atoms with Gasteiger partial charge in [0.15, 0.2) is 0 Å². The van der Waals surface area contributed by atoms with E-state index in [2.05, 4.69) is 6.08 Å². The summed E-state index contributed by atoms with van der Waals surface area (Å²) in [6.07, 6.45) is 6.88. The predicted octanol–water partition coefficient (Wildman–Crippen LogP) is 3.46. The van der Waals surface area contributed by atoms with E-state index in [0.29, 0.717) is 6.42 Å². The number of aliphatic hydroxyl groups is 1. The lowest BCUT2D eigenvalue weighted by Crippen LogP contribution is -2.03. The number of hydrogen-bond acceptors (Lipinski definition) is 2. The molecule has 0 rings (SSSR count). The molecule has 0 aliphatic rings. The van der Waals surface area contributed by atoms with E-state index in [-0.39, 0.29) is 0 Å². The molecule has 0 saturated heterocycles. The molecule has 18 heavy (non-hydrogen) atoms. The SMILES string of the molecule is CC(C)=CC(O)CC(C)=CCCC(C)=CC(=O)O. The van der Waals surface area contributed by atoms with Gasteiger partial charge in [0.2, 0.25) is 0 Å². The lowest BCUT2D eigenvalue weighted by Gasteiger charge is -2.07. The Kier molecular flexibility index (Phi) is 8.05. The van der Waals surface area contributed by atoms with Gasteiger partial charge in [0.05, 0.1) is 6.10 Å². The summed E-state index contributed by atoms with van der Waals surface area (Å²) < 4.78 is 0. The third-order valence-corrected chi connectivity index (χ3v) is 2.46. The average Bonchev–Trinajstić information content (AvgIpc) is 2.13. The van der Waals surface area contributed by atoms with Gasteiger partial charge in [-0.2, -0.15) is 0 Å². The highest BCUT2D eigenvalue weighted by Gasteiger charge is 2.01. The van der Waals surface area contributed by atoms with Crippen molar-refractivity contribution in [1.29, 1.82) is 0 Å². The number of carboxylic acids is 1. The van der Waals surface area contributed by atoms with E-state index in [4.69, 9.17) is 5.11 Å². The van der Waals surface area contributed by atoms with Crippen LogP contribution in [0.3, 0.4) is 0 Å². The molecule has 0 fully saturated rings. The molecule has 0 bridgehead atoms. The molecule has 102 valence electrons. The van der Waals surface area contributed by atoms with Crippen LogP contribution < -0.4 is 0 Å². The third-order valence-electron chi connectivity index (χ3n) is 2.46. The fourth-order valence-electron chi connectivity index (χ4n) is 1.69. The lowest BCUT2D eigenvalue weighted by molar-refractivity contribution is -0.131. The Bertz CT molecular complexity index is 358. The second kappa shape index (κ2) is 8.70. The molecule has 2 N–H and O–H groups in total. The van der Waals surface area contributed by atoms with Crippen LogP contribution in [-0.4, -0.2) is 22.3 Å². The monoisotopic (exact) mass is 252 g/mol. The minimum atomic E-state index is -0.896. The molecule has 0 aromatic rings. The maximum atomic E-state index is 10.4. The Balaban J connectivity index is 4.13. The smallest absolute Gasteiger partial charge is 0.328 e. The summed E-state index contributed by atoms with van der Waals surface area (Å²) in [7, 11) is 0. The van der Waals surface area contributed by atoms with E-state index in [1.165, 1.54) is 6.08 Å². The van der Waals surface area contributed by atoms with E-state index in [1.807, 2.05) is 33.8 Å². The number of aliphatic carboxylic acids is 1. The zero-order chi connectivity index (χ0) is 14.1. The summed E-state index contributed by atoms with van der Waals surface area (Å²) in [5.41, 5.74) is 3.09. The molecule has 0 spiro atoms. The Morgan fingerprint density at radius 2 is 1.78 bits per heavy atom. The van der Waals surface area contributed by atoms with Gasteiger partial charge in [0.25, 0.3) is 0 Å². The minimum absolute atomic E-state index is 0.429. The Labute approximate surface area is 110 Å². The first-order valence-corrected chi connectivity index (χ1v) is 6.20. The summed E-state index contributed by atoms with van der Waals surface area (Å²) in [5.74, 6) is -0.896. The number of hydrogen-bond donors (Lipinski definition) is 2. The number of allylic oxidation sites excluding steroid dienone is 3. The molecule has 0 aliphatic carbocycles. The van der Waals surface area contributed by atoms with Gasteiger partial charge in [-0.05, 0) is 47.0 Å². The first-order valence-electron chi connectivity index (χ1n) is 6.20. The molecule has 3 heteroatoms. The van der Waals surface area contributed by atoms with Crippen LogP contribution in [0.4, 0.5) is 0 Å². The van der Waals surface area contributed by atoms with Crippen molar-refractivity contribution >= 4 is 5.97 Å². The molecule has 0 radical (unpaired) electrons. The van der Waals surface area contributed by atoms with Gasteiger partial charge in [-0.3, -0.25) is 0 Å². The van der Waals surface area contributed by atoms with Crippen LogP contribution in [0.2, 0.25) is 0 Å². The quantitative estimate of drug-likeness (QED) is 0.539. The van der Waals surface area contributed by atoms with E-state index >= 15 is 0 Å². The molecule has 0 aromatic carbocycles. The molecule has 1 unspecified atom stereocenters. The molecular weight excluding hydrogens is 228 g/mol. The van der Waals surface area contributed by atoms with Crippen LogP contribution >= 0.6 is 0 Å². The second-order valence-electron chi connectivity index (χ2n) is 4.93. The minimum Gasteiger partial charge on any atom is -0.478 e. The summed E-state index contributed by atoms with van der Waals surface area (Å²) in [4.78, 5) is 10.4. The maximum Gasteiger partial charge on any atom is 0.328 e. The van der Waals surface area contributed by atoms with Crippen molar-refractivity contribution < 1.29 is 15.0 Å². The molecule has 1 atom stereocenters. The van der Waals surface area contributed by atoms with E-state index < -0.39 is 12.1 Å². The van der Waals surface area contributed by atoms with Gasteiger partial charge in [-0.1, -0.05) is 28.9 Å². The number of carboxylic acid groups (broad SMARTS) is 1. The van der Waals surface area contributed by atoms with Crippen molar-refractivity contribution in [3.05, 3.63) is 34.9 Å². The summed E-state index contributed by atoms with van der Waals surface area (Å²) in [6.45, 7) is 7.72. The predicted molar refractivity (Wildman–Crippen MR) is 74.4 cm³/mol. The van der Waals surface area contributed by atoms with E-state index in [0.717, 1.165) is 29.6 Å². The number of carbonyl (C=O) groups is 1. The highest BCUT2D eigenvalue weighted by molar-refractivity contribution is 5.80. The Morgan fingerprint density at radius 1 is 1.17 bits per heavy atom. The van der Waals surface area contributed by atoms with Crippen molar-refractivity contribution in [2.45, 2.75) is 53.1 Å². The standard InChI is InChI=1S/C15H24O3/c1-11(2)8-14(16)9-12(3)6-5-7-13(4)10-15(17)18/h6,8,10,14,16H,5,7,9H2,1-4H3,(H,17,18). The van der Waals surface area contributed by atoms with Gasteiger partial charge >= 0.3 is 5.97 Å². The van der Waals surface area contributed by atoms with Crippen LogP contribution in [0, 0.1) is 0 Å². The van der Waals surface area contributed by atoms with Gasteiger partial charge in [-0.25, -0.2) is 4.79 Å². The maximum absolute atomic E-state index is 10.4. The number of rotatable bonds is 7. The summed E-state index contributed by atoms with van der Waals surface area (Å²) in [5, 5.41) is 18.3. The van der Waals surface area contributed by atoms with Crippen molar-refractivity contribution in [3.63, 3.8) is 0 Å². The van der Waals surface area contributed by atoms with Crippen molar-refractivity contribution in [2.75, 3.05) is 0 Å². The van der Waals surface area contributed by atoms with Gasteiger partial charge in [0.1, 0.15) is 0 Å². The van der Waals surface area contributed by atoms with Crippen LogP contribution in [0.1, 0.15) is 47.0 Å². The fraction of sp³-hybridized carbons (Fsp3) is 0.533. The second-order valence-corrected chi connectivity index (χ2v) is 4.93. The van der Waals surface area contributed by atoms with E-state index in [9.17, 15) is 9.90 Å². The number of aliphatic hydroxyl groups excluding tert-OH is 1. The molecule has 0 heterocycles. The molecular formula is C15H24O3. The van der Waals surface area contributed by atoms with Crippen molar-refractivity contribution in [1.82, 2.24) is 0 Å². The Morgan fingerprint density at radius 3 is 2.28 bits per heavy atom. The van der Waals surface area contributed by atoms with Gasteiger partial charge in [0, 0.05) is 6.08 Å². The highest BCUT2D eigenvalue weighted by atomic mass is 16.4. The Hall–Kier alpha value is -1.35. The molecule has 3 nitrogen and oxygen atoms in total. The highest BCUT2D eigenvalue weighted by Crippen LogP contribution is 2.11. The molecule has 0 aromatic heterocycles. The van der Waals surface area contributed by atoms with Gasteiger partial charge in [-0.15, -0.1) is 0 Å². The largest absolute Gasteiger partial charge is 0.478 e. The zero-order valence-corrected chi connectivity index (χ0v) is 11.7. The summed E-state index contributed by atoms with van der Waals surface area (Å²) >= 11 is 0. The fourth-order valence-corrected chi connectivity index (χ4v) is 1.69. The third kappa shape index (κ3) is 9.85. The first-order chi connectivity index (χ1) is 8.31.